The van der Waals surface area contributed by atoms with Gasteiger partial charge in [-0.3, -0.25) is 0 Å². The van der Waals surface area contributed by atoms with Crippen LogP contribution in [0.25, 0.3) is 0 Å². The average molecular weight is 338 g/mol. The highest BCUT2D eigenvalue weighted by Gasteiger charge is 2.36. The predicted octanol–water partition coefficient (Wildman–Crippen LogP) is 1.94. The number of nitrogens with two attached hydrogens (primary N) is 1. The number of ether oxygens (including phenoxy) is 1. The molecule has 1 fully saturated rings. The first-order valence-corrected chi connectivity index (χ1v) is 8.23. The summed E-state index contributed by atoms with van der Waals surface area (Å²) >= 11 is 0. The van der Waals surface area contributed by atoms with E-state index < -0.39 is 27.0 Å². The standard InChI is InChI=1S/C13H17F3N2O3S/c14-13(15,16)21-11-3-1-2-4-12(11)22(19,20)18-7-5-10(9-17)6-8-18/h1-4,10H,5-9,17H2. The molecule has 1 aromatic rings. The zero-order valence-corrected chi connectivity index (χ0v) is 12.5. The summed E-state index contributed by atoms with van der Waals surface area (Å²) in [4.78, 5) is -0.474. The van der Waals surface area contributed by atoms with Crippen molar-refractivity contribution in [3.8, 4) is 5.75 Å². The van der Waals surface area contributed by atoms with E-state index in [1.807, 2.05) is 0 Å². The third-order valence-electron chi connectivity index (χ3n) is 3.60. The molecule has 0 saturated carbocycles. The van der Waals surface area contributed by atoms with E-state index in [0.717, 1.165) is 12.1 Å². The van der Waals surface area contributed by atoms with Crippen LogP contribution in [-0.2, 0) is 10.0 Å². The average Bonchev–Trinajstić information content (AvgIpc) is 2.46. The molecule has 1 aromatic carbocycles. The molecule has 0 radical (unpaired) electrons. The van der Waals surface area contributed by atoms with E-state index in [1.54, 1.807) is 0 Å². The normalized spacial score (nSPS) is 18.4. The van der Waals surface area contributed by atoms with Gasteiger partial charge in [0.15, 0.2) is 0 Å². The largest absolute Gasteiger partial charge is 0.573 e. The maximum absolute atomic E-state index is 12.5. The molecule has 0 bridgehead atoms. The first kappa shape index (κ1) is 17.0. The zero-order chi connectivity index (χ0) is 16.4. The van der Waals surface area contributed by atoms with Crippen molar-refractivity contribution in [1.82, 2.24) is 4.31 Å². The Bertz CT molecular complexity index is 611. The highest BCUT2D eigenvalue weighted by atomic mass is 32.2. The summed E-state index contributed by atoms with van der Waals surface area (Å²) in [5, 5.41) is 0. The van der Waals surface area contributed by atoms with Gasteiger partial charge in [-0.05, 0) is 37.4 Å². The molecule has 1 saturated heterocycles. The summed E-state index contributed by atoms with van der Waals surface area (Å²) in [5.74, 6) is -0.468. The van der Waals surface area contributed by atoms with Gasteiger partial charge in [0.25, 0.3) is 0 Å². The van der Waals surface area contributed by atoms with Crippen molar-refractivity contribution in [1.29, 1.82) is 0 Å². The number of rotatable bonds is 4. The summed E-state index contributed by atoms with van der Waals surface area (Å²) in [6.07, 6.45) is -3.76. The molecule has 0 atom stereocenters. The van der Waals surface area contributed by atoms with Gasteiger partial charge in [-0.2, -0.15) is 4.31 Å². The third kappa shape index (κ3) is 3.90. The Labute approximate surface area is 126 Å². The zero-order valence-electron chi connectivity index (χ0n) is 11.7. The Morgan fingerprint density at radius 2 is 1.82 bits per heavy atom. The Hall–Kier alpha value is -1.32. The van der Waals surface area contributed by atoms with Crippen molar-refractivity contribution < 1.29 is 26.3 Å². The summed E-state index contributed by atoms with van der Waals surface area (Å²) in [5.41, 5.74) is 5.55. The molecule has 9 heteroatoms. The summed E-state index contributed by atoms with van der Waals surface area (Å²) < 4.78 is 67.3. The topological polar surface area (TPSA) is 72.6 Å². The number of hydrogen-bond donors (Lipinski definition) is 1. The lowest BCUT2D eigenvalue weighted by atomic mass is 9.99. The Morgan fingerprint density at radius 3 is 2.36 bits per heavy atom. The highest BCUT2D eigenvalue weighted by Crippen LogP contribution is 2.32. The van der Waals surface area contributed by atoms with Crippen LogP contribution >= 0.6 is 0 Å². The first-order valence-electron chi connectivity index (χ1n) is 6.79. The van der Waals surface area contributed by atoms with Crippen LogP contribution in [0.5, 0.6) is 5.75 Å². The molecule has 0 unspecified atom stereocenters. The molecule has 0 aromatic heterocycles. The molecule has 0 amide bonds. The number of halogens is 3. The monoisotopic (exact) mass is 338 g/mol. The molecule has 0 aliphatic carbocycles. The van der Waals surface area contributed by atoms with Gasteiger partial charge < -0.3 is 10.5 Å². The first-order chi connectivity index (χ1) is 10.2. The molecule has 2 N–H and O–H groups in total. The lowest BCUT2D eigenvalue weighted by Gasteiger charge is -2.30. The molecule has 22 heavy (non-hydrogen) atoms. The van der Waals surface area contributed by atoms with Gasteiger partial charge in [0.1, 0.15) is 10.6 Å². The van der Waals surface area contributed by atoms with Gasteiger partial charge in [0.2, 0.25) is 10.0 Å². The minimum Gasteiger partial charge on any atom is -0.404 e. The number of benzene rings is 1. The van der Waals surface area contributed by atoms with Gasteiger partial charge in [-0.1, -0.05) is 12.1 Å². The smallest absolute Gasteiger partial charge is 0.404 e. The summed E-state index contributed by atoms with van der Waals surface area (Å²) in [6, 6.07) is 4.77. The lowest BCUT2D eigenvalue weighted by molar-refractivity contribution is -0.275. The number of para-hydroxylation sites is 1. The van der Waals surface area contributed by atoms with Crippen LogP contribution in [0.1, 0.15) is 12.8 Å². The molecule has 1 aliphatic heterocycles. The molecule has 0 spiro atoms. The van der Waals surface area contributed by atoms with Crippen molar-refractivity contribution in [2.75, 3.05) is 19.6 Å². The molecule has 1 heterocycles. The number of alkyl halides is 3. The maximum Gasteiger partial charge on any atom is 0.573 e. The molecule has 1 aliphatic rings. The second kappa shape index (κ2) is 6.43. The highest BCUT2D eigenvalue weighted by molar-refractivity contribution is 7.89. The SMILES string of the molecule is NCC1CCN(S(=O)(=O)c2ccccc2OC(F)(F)F)CC1. The number of nitrogens with zero attached hydrogens (tertiary/aromatic N) is 1. The Morgan fingerprint density at radius 1 is 1.23 bits per heavy atom. The van der Waals surface area contributed by atoms with Crippen LogP contribution in [0.3, 0.4) is 0 Å². The lowest BCUT2D eigenvalue weighted by Crippen LogP contribution is -2.40. The quantitative estimate of drug-likeness (QED) is 0.911. The Balaban J connectivity index is 2.27. The van der Waals surface area contributed by atoms with Gasteiger partial charge in [0.05, 0.1) is 0 Å². The molecule has 124 valence electrons. The van der Waals surface area contributed by atoms with Gasteiger partial charge in [-0.15, -0.1) is 13.2 Å². The van der Waals surface area contributed by atoms with Gasteiger partial charge >= 0.3 is 6.36 Å². The molecule has 5 nitrogen and oxygen atoms in total. The van der Waals surface area contributed by atoms with E-state index in [9.17, 15) is 21.6 Å². The predicted molar refractivity (Wildman–Crippen MR) is 73.7 cm³/mol. The number of hydrogen-bond acceptors (Lipinski definition) is 4. The molecule has 2 rings (SSSR count). The van der Waals surface area contributed by atoms with E-state index in [4.69, 9.17) is 5.73 Å². The van der Waals surface area contributed by atoms with E-state index in [0.29, 0.717) is 19.4 Å². The van der Waals surface area contributed by atoms with Crippen molar-refractivity contribution in [3.05, 3.63) is 24.3 Å². The maximum atomic E-state index is 12.5. The third-order valence-corrected chi connectivity index (χ3v) is 5.54. The van der Waals surface area contributed by atoms with E-state index in [-0.39, 0.29) is 19.0 Å². The molecular weight excluding hydrogens is 321 g/mol. The minimum atomic E-state index is -4.95. The van der Waals surface area contributed by atoms with Crippen molar-refractivity contribution in [2.24, 2.45) is 11.7 Å². The molecular formula is C13H17F3N2O3S. The fourth-order valence-electron chi connectivity index (χ4n) is 2.40. The van der Waals surface area contributed by atoms with Gasteiger partial charge in [-0.25, -0.2) is 8.42 Å². The van der Waals surface area contributed by atoms with E-state index in [1.165, 1.54) is 16.4 Å². The van der Waals surface area contributed by atoms with Crippen molar-refractivity contribution in [3.63, 3.8) is 0 Å². The van der Waals surface area contributed by atoms with E-state index >= 15 is 0 Å². The summed E-state index contributed by atoms with van der Waals surface area (Å²) in [6.45, 7) is 0.955. The second-order valence-corrected chi connectivity index (χ2v) is 6.98. The van der Waals surface area contributed by atoms with E-state index in [2.05, 4.69) is 4.74 Å². The van der Waals surface area contributed by atoms with Crippen LogP contribution < -0.4 is 10.5 Å². The number of sulfonamides is 1. The summed E-state index contributed by atoms with van der Waals surface area (Å²) in [7, 11) is -4.03. The van der Waals surface area contributed by atoms with Crippen LogP contribution in [0, 0.1) is 5.92 Å². The number of piperidine rings is 1. The van der Waals surface area contributed by atoms with Crippen LogP contribution in [0.4, 0.5) is 13.2 Å². The minimum absolute atomic E-state index is 0.241. The second-order valence-electron chi connectivity index (χ2n) is 5.08. The van der Waals surface area contributed by atoms with Crippen molar-refractivity contribution in [2.45, 2.75) is 24.1 Å². The van der Waals surface area contributed by atoms with Crippen LogP contribution in [0.15, 0.2) is 29.2 Å². The Kier molecular flexibility index (Phi) is 4.98. The fraction of sp³-hybridized carbons (Fsp3) is 0.538. The van der Waals surface area contributed by atoms with Crippen LogP contribution in [0.2, 0.25) is 0 Å². The fourth-order valence-corrected chi connectivity index (χ4v) is 3.98. The van der Waals surface area contributed by atoms with Gasteiger partial charge in [0, 0.05) is 13.1 Å². The van der Waals surface area contributed by atoms with Crippen molar-refractivity contribution >= 4 is 10.0 Å². The van der Waals surface area contributed by atoms with Crippen LogP contribution in [-0.4, -0.2) is 38.7 Å².